The van der Waals surface area contributed by atoms with Crippen LogP contribution in [0, 0.1) is 0 Å². The Kier molecular flexibility index (Phi) is 3.59. The number of nitrogens with zero attached hydrogens (tertiary/aromatic N) is 2. The number of thiazole rings is 1. The van der Waals surface area contributed by atoms with Gasteiger partial charge in [0.25, 0.3) is 5.56 Å². The molecule has 2 aromatic heterocycles. The van der Waals surface area contributed by atoms with Crippen molar-refractivity contribution < 1.29 is 5.11 Å². The van der Waals surface area contributed by atoms with Crippen molar-refractivity contribution in [1.82, 2.24) is 15.0 Å². The van der Waals surface area contributed by atoms with Crippen LogP contribution in [0.5, 0.6) is 0 Å². The molecule has 0 aliphatic rings. The first-order chi connectivity index (χ1) is 7.69. The maximum absolute atomic E-state index is 11.0. The highest BCUT2D eigenvalue weighted by Gasteiger charge is 2.10. The quantitative estimate of drug-likeness (QED) is 0.831. The van der Waals surface area contributed by atoms with Gasteiger partial charge in [0, 0.05) is 12.3 Å². The molecular weight excluding hydrogens is 270 g/mol. The van der Waals surface area contributed by atoms with Crippen LogP contribution >= 0.6 is 34.7 Å². The highest BCUT2D eigenvalue weighted by Crippen LogP contribution is 2.32. The minimum atomic E-state index is -0.220. The molecule has 0 saturated carbocycles. The number of H-pyrrole nitrogens is 1. The molecule has 8 heteroatoms. The lowest BCUT2D eigenvalue weighted by atomic mass is 10.6. The Morgan fingerprint density at radius 1 is 1.62 bits per heavy atom. The number of aliphatic hydroxyl groups is 1. The summed E-state index contributed by atoms with van der Waals surface area (Å²) in [5.41, 5.74) is -0.220. The van der Waals surface area contributed by atoms with E-state index in [1.54, 1.807) is 0 Å². The maximum Gasteiger partial charge on any atom is 0.251 e. The zero-order valence-corrected chi connectivity index (χ0v) is 10.2. The normalized spacial score (nSPS) is 10.6. The van der Waals surface area contributed by atoms with E-state index in [2.05, 4.69) is 15.0 Å². The van der Waals surface area contributed by atoms with E-state index >= 15 is 0 Å². The summed E-state index contributed by atoms with van der Waals surface area (Å²) < 4.78 is 0.628. The van der Waals surface area contributed by atoms with E-state index in [9.17, 15) is 4.79 Å². The van der Waals surface area contributed by atoms with Crippen LogP contribution < -0.4 is 5.56 Å². The van der Waals surface area contributed by atoms with Crippen LogP contribution in [0.25, 0.3) is 0 Å². The molecule has 0 aromatic carbocycles. The van der Waals surface area contributed by atoms with E-state index < -0.39 is 0 Å². The van der Waals surface area contributed by atoms with Gasteiger partial charge in [-0.3, -0.25) is 4.79 Å². The zero-order valence-electron chi connectivity index (χ0n) is 7.81. The number of hydrogen-bond donors (Lipinski definition) is 2. The Hall–Kier alpha value is -0.890. The molecule has 16 heavy (non-hydrogen) atoms. The zero-order chi connectivity index (χ0) is 11.5. The second-order valence-electron chi connectivity index (χ2n) is 2.69. The fourth-order valence-corrected chi connectivity index (χ4v) is 3.12. The van der Waals surface area contributed by atoms with E-state index in [0.29, 0.717) is 14.4 Å². The van der Waals surface area contributed by atoms with Gasteiger partial charge in [0.2, 0.25) is 0 Å². The summed E-state index contributed by atoms with van der Waals surface area (Å²) in [7, 11) is 0. The molecular formula is C8H6ClN3O2S2. The topological polar surface area (TPSA) is 78.9 Å². The molecule has 0 aliphatic heterocycles. The van der Waals surface area contributed by atoms with E-state index in [1.807, 2.05) is 0 Å². The Morgan fingerprint density at radius 2 is 2.44 bits per heavy atom. The number of aliphatic hydroxyl groups excluding tert-OH is 1. The molecule has 2 N–H and O–H groups in total. The van der Waals surface area contributed by atoms with E-state index in [-0.39, 0.29) is 17.3 Å². The smallest absolute Gasteiger partial charge is 0.251 e. The SMILES string of the molecule is O=c1ccnc(Sc2nc(Cl)c(CO)s2)[nH]1. The van der Waals surface area contributed by atoms with Gasteiger partial charge in [-0.1, -0.05) is 11.6 Å². The highest BCUT2D eigenvalue weighted by molar-refractivity contribution is 8.00. The van der Waals surface area contributed by atoms with Crippen LogP contribution in [0.1, 0.15) is 4.88 Å². The van der Waals surface area contributed by atoms with E-state index in [0.717, 1.165) is 0 Å². The van der Waals surface area contributed by atoms with E-state index in [4.69, 9.17) is 16.7 Å². The van der Waals surface area contributed by atoms with Crippen molar-refractivity contribution in [3.05, 3.63) is 32.6 Å². The third-order valence-electron chi connectivity index (χ3n) is 1.61. The standard InChI is InChI=1S/C8H6ClN3O2S2/c9-6-4(3-13)15-8(12-6)16-7-10-2-1-5(14)11-7/h1-2,13H,3H2,(H,10,11,14). The number of hydrogen-bond acceptors (Lipinski definition) is 6. The number of nitrogens with one attached hydrogen (secondary N) is 1. The second-order valence-corrected chi connectivity index (χ2v) is 5.37. The molecule has 2 aromatic rings. The van der Waals surface area contributed by atoms with Crippen molar-refractivity contribution in [2.45, 2.75) is 16.1 Å². The van der Waals surface area contributed by atoms with Crippen molar-refractivity contribution in [2.75, 3.05) is 0 Å². The van der Waals surface area contributed by atoms with Gasteiger partial charge in [-0.25, -0.2) is 9.97 Å². The first-order valence-corrected chi connectivity index (χ1v) is 6.19. The monoisotopic (exact) mass is 275 g/mol. The van der Waals surface area contributed by atoms with Crippen LogP contribution in [-0.2, 0) is 6.61 Å². The lowest BCUT2D eigenvalue weighted by Gasteiger charge is -1.93. The van der Waals surface area contributed by atoms with Crippen LogP contribution in [-0.4, -0.2) is 20.1 Å². The average molecular weight is 276 g/mol. The van der Waals surface area contributed by atoms with Gasteiger partial charge in [-0.05, 0) is 11.8 Å². The molecule has 0 unspecified atom stereocenters. The third-order valence-corrected chi connectivity index (χ3v) is 4.03. The number of aromatic nitrogens is 3. The molecule has 0 spiro atoms. The van der Waals surface area contributed by atoms with Crippen LogP contribution in [0.15, 0.2) is 26.6 Å². The Labute approximate surface area is 104 Å². The van der Waals surface area contributed by atoms with Gasteiger partial charge < -0.3 is 10.1 Å². The predicted molar refractivity (Wildman–Crippen MR) is 62.0 cm³/mol. The largest absolute Gasteiger partial charge is 0.391 e. The molecule has 84 valence electrons. The lowest BCUT2D eigenvalue weighted by molar-refractivity contribution is 0.285. The maximum atomic E-state index is 11.0. The summed E-state index contributed by atoms with van der Waals surface area (Å²) in [6.45, 7) is -0.143. The molecule has 0 fully saturated rings. The number of rotatable bonds is 3. The van der Waals surface area contributed by atoms with E-state index in [1.165, 1.54) is 35.4 Å². The first kappa shape index (κ1) is 11.6. The van der Waals surface area contributed by atoms with Gasteiger partial charge in [-0.2, -0.15) is 0 Å². The van der Waals surface area contributed by atoms with Crippen molar-refractivity contribution in [3.8, 4) is 0 Å². The summed E-state index contributed by atoms with van der Waals surface area (Å²) in [4.78, 5) is 22.2. The fraction of sp³-hybridized carbons (Fsp3) is 0.125. The van der Waals surface area contributed by atoms with Crippen molar-refractivity contribution >= 4 is 34.7 Å². The van der Waals surface area contributed by atoms with Gasteiger partial charge >= 0.3 is 0 Å². The molecule has 0 radical (unpaired) electrons. The molecule has 0 bridgehead atoms. The molecule has 0 atom stereocenters. The fourth-order valence-electron chi connectivity index (χ4n) is 0.941. The number of halogens is 1. The van der Waals surface area contributed by atoms with Gasteiger partial charge in [0.1, 0.15) is 5.15 Å². The third kappa shape index (κ3) is 2.62. The van der Waals surface area contributed by atoms with Crippen LogP contribution in [0.4, 0.5) is 0 Å². The molecule has 2 heterocycles. The van der Waals surface area contributed by atoms with Crippen LogP contribution in [0.3, 0.4) is 0 Å². The molecule has 5 nitrogen and oxygen atoms in total. The van der Waals surface area contributed by atoms with Crippen LogP contribution in [0.2, 0.25) is 5.15 Å². The minimum absolute atomic E-state index is 0.143. The Balaban J connectivity index is 2.23. The molecule has 0 amide bonds. The van der Waals surface area contributed by atoms with Crippen molar-refractivity contribution in [1.29, 1.82) is 0 Å². The summed E-state index contributed by atoms with van der Waals surface area (Å²) in [6.07, 6.45) is 1.42. The second kappa shape index (κ2) is 4.96. The number of aromatic amines is 1. The Bertz CT molecular complexity index is 554. The summed E-state index contributed by atoms with van der Waals surface area (Å²) >= 11 is 8.24. The average Bonchev–Trinajstić information content (AvgIpc) is 2.58. The predicted octanol–water partition coefficient (Wildman–Crippen LogP) is 1.52. The van der Waals surface area contributed by atoms with Crippen molar-refractivity contribution in [3.63, 3.8) is 0 Å². The van der Waals surface area contributed by atoms with Gasteiger partial charge in [0.05, 0.1) is 11.5 Å². The first-order valence-electron chi connectivity index (χ1n) is 4.18. The summed E-state index contributed by atoms with van der Waals surface area (Å²) in [5, 5.41) is 9.68. The van der Waals surface area contributed by atoms with Crippen molar-refractivity contribution in [2.24, 2.45) is 0 Å². The Morgan fingerprint density at radius 3 is 3.06 bits per heavy atom. The molecule has 2 rings (SSSR count). The lowest BCUT2D eigenvalue weighted by Crippen LogP contribution is -2.04. The summed E-state index contributed by atoms with van der Waals surface area (Å²) in [6, 6.07) is 1.33. The summed E-state index contributed by atoms with van der Waals surface area (Å²) in [5.74, 6) is 0. The molecule has 0 aliphatic carbocycles. The minimum Gasteiger partial charge on any atom is -0.391 e. The molecule has 0 saturated heterocycles. The highest BCUT2D eigenvalue weighted by atomic mass is 35.5. The van der Waals surface area contributed by atoms with Gasteiger partial charge in [-0.15, -0.1) is 11.3 Å². The van der Waals surface area contributed by atoms with Gasteiger partial charge in [0.15, 0.2) is 9.50 Å².